The molecule has 1 aliphatic heterocycles. The van der Waals surface area contributed by atoms with E-state index in [4.69, 9.17) is 4.74 Å². The van der Waals surface area contributed by atoms with Gasteiger partial charge in [-0.2, -0.15) is 0 Å². The molecule has 0 aromatic heterocycles. The lowest BCUT2D eigenvalue weighted by atomic mass is 10.1. The highest BCUT2D eigenvalue weighted by molar-refractivity contribution is 5.20. The first kappa shape index (κ1) is 7.07. The zero-order valence-corrected chi connectivity index (χ0v) is 6.58. The van der Waals surface area contributed by atoms with E-state index >= 15 is 0 Å². The van der Waals surface area contributed by atoms with Crippen LogP contribution in [0.25, 0.3) is 0 Å². The van der Waals surface area contributed by atoms with E-state index in [1.165, 1.54) is 5.57 Å². The fourth-order valence-electron chi connectivity index (χ4n) is 1.38. The molecule has 0 bridgehead atoms. The molecule has 1 saturated heterocycles. The number of epoxide rings is 1. The summed E-state index contributed by atoms with van der Waals surface area (Å²) in [5.41, 5.74) is 1.20. The van der Waals surface area contributed by atoms with Crippen molar-refractivity contribution >= 4 is 0 Å². The monoisotopic (exact) mass is 152 g/mol. The molecule has 1 N–H and O–H groups in total. The molecule has 2 rings (SSSR count). The lowest BCUT2D eigenvalue weighted by Crippen LogP contribution is -2.13. The fraction of sp³-hybridized carbons (Fsp3) is 0.556. The Hall–Kier alpha value is -0.600. The molecule has 2 heteroatoms. The van der Waals surface area contributed by atoms with Crippen molar-refractivity contribution in [1.82, 2.24) is 0 Å². The van der Waals surface area contributed by atoms with Gasteiger partial charge < -0.3 is 9.84 Å². The summed E-state index contributed by atoms with van der Waals surface area (Å²) in [6.45, 7) is 2.03. The van der Waals surface area contributed by atoms with Crippen LogP contribution in [0.1, 0.15) is 19.8 Å². The van der Waals surface area contributed by atoms with Crippen LogP contribution in [-0.2, 0) is 4.74 Å². The van der Waals surface area contributed by atoms with Crippen LogP contribution in [0.2, 0.25) is 0 Å². The third-order valence-electron chi connectivity index (χ3n) is 2.24. The molecule has 0 aromatic carbocycles. The molecule has 0 radical (unpaired) electrons. The Balaban J connectivity index is 2.15. The number of fused-ring (bicyclic) bond motifs is 1. The van der Waals surface area contributed by atoms with E-state index in [0.29, 0.717) is 6.42 Å². The summed E-state index contributed by atoms with van der Waals surface area (Å²) in [4.78, 5) is 0. The van der Waals surface area contributed by atoms with Crippen molar-refractivity contribution in [1.29, 1.82) is 0 Å². The number of allylic oxidation sites excluding steroid dienone is 2. The summed E-state index contributed by atoms with van der Waals surface area (Å²) < 4.78 is 5.13. The minimum Gasteiger partial charge on any atom is -0.363 e. The Labute approximate surface area is 66.2 Å². The number of hydrogen-bond acceptors (Lipinski definition) is 2. The van der Waals surface area contributed by atoms with Crippen molar-refractivity contribution in [3.8, 4) is 0 Å². The van der Waals surface area contributed by atoms with Crippen LogP contribution >= 0.6 is 0 Å². The smallest absolute Gasteiger partial charge is 0.196 e. The van der Waals surface area contributed by atoms with Crippen molar-refractivity contribution in [2.75, 3.05) is 0 Å². The van der Waals surface area contributed by atoms with Crippen molar-refractivity contribution in [3.63, 3.8) is 0 Å². The third-order valence-corrected chi connectivity index (χ3v) is 2.24. The highest BCUT2D eigenvalue weighted by Crippen LogP contribution is 2.40. The van der Waals surface area contributed by atoms with Gasteiger partial charge in [0.2, 0.25) is 0 Å². The maximum absolute atomic E-state index is 9.57. The minimum atomic E-state index is -0.827. The molecule has 0 aromatic rings. The van der Waals surface area contributed by atoms with Crippen LogP contribution in [0.15, 0.2) is 23.8 Å². The summed E-state index contributed by atoms with van der Waals surface area (Å²) >= 11 is 0. The Bertz CT molecular complexity index is 230. The van der Waals surface area contributed by atoms with E-state index in [9.17, 15) is 5.11 Å². The first-order valence-electron chi connectivity index (χ1n) is 3.94. The number of ether oxygens (including phenoxy) is 1. The molecule has 2 nitrogen and oxygen atoms in total. The first-order chi connectivity index (χ1) is 5.21. The second-order valence-corrected chi connectivity index (χ2v) is 3.24. The van der Waals surface area contributed by atoms with E-state index in [1.54, 1.807) is 0 Å². The second-order valence-electron chi connectivity index (χ2n) is 3.24. The van der Waals surface area contributed by atoms with Crippen LogP contribution < -0.4 is 0 Å². The molecule has 11 heavy (non-hydrogen) atoms. The molecule has 1 fully saturated rings. The molecule has 2 unspecified atom stereocenters. The van der Waals surface area contributed by atoms with Gasteiger partial charge in [0, 0.05) is 6.42 Å². The molecule has 60 valence electrons. The maximum atomic E-state index is 9.57. The van der Waals surface area contributed by atoms with Gasteiger partial charge in [0.1, 0.15) is 6.10 Å². The molecule has 0 spiro atoms. The SMILES string of the molecule is CC1=CCC2(O)OC2CC=C1. The molecule has 2 atom stereocenters. The molecule has 0 amide bonds. The van der Waals surface area contributed by atoms with E-state index in [2.05, 4.69) is 6.08 Å². The zero-order valence-electron chi connectivity index (χ0n) is 6.58. The highest BCUT2D eigenvalue weighted by atomic mass is 16.7. The third kappa shape index (κ3) is 1.24. The zero-order chi connectivity index (χ0) is 7.90. The normalized spacial score (nSPS) is 42.0. The highest BCUT2D eigenvalue weighted by Gasteiger charge is 2.53. The van der Waals surface area contributed by atoms with Crippen LogP contribution in [0.5, 0.6) is 0 Å². The topological polar surface area (TPSA) is 32.8 Å². The summed E-state index contributed by atoms with van der Waals surface area (Å²) in [6, 6.07) is 0. The first-order valence-corrected chi connectivity index (χ1v) is 3.94. The van der Waals surface area contributed by atoms with Gasteiger partial charge in [-0.15, -0.1) is 0 Å². The lowest BCUT2D eigenvalue weighted by molar-refractivity contribution is 0.0394. The van der Waals surface area contributed by atoms with Crippen molar-refractivity contribution < 1.29 is 9.84 Å². The van der Waals surface area contributed by atoms with Crippen molar-refractivity contribution in [2.24, 2.45) is 0 Å². The van der Waals surface area contributed by atoms with Crippen LogP contribution in [0.3, 0.4) is 0 Å². The van der Waals surface area contributed by atoms with E-state index in [0.717, 1.165) is 6.42 Å². The lowest BCUT2D eigenvalue weighted by Gasteiger charge is -2.03. The molecular weight excluding hydrogens is 140 g/mol. The van der Waals surface area contributed by atoms with Gasteiger partial charge in [-0.05, 0) is 13.3 Å². The summed E-state index contributed by atoms with van der Waals surface area (Å²) in [5.74, 6) is -0.827. The summed E-state index contributed by atoms with van der Waals surface area (Å²) in [5, 5.41) is 9.57. The fourth-order valence-corrected chi connectivity index (χ4v) is 1.38. The van der Waals surface area contributed by atoms with Crippen molar-refractivity contribution in [3.05, 3.63) is 23.8 Å². The van der Waals surface area contributed by atoms with Gasteiger partial charge in [0.15, 0.2) is 5.79 Å². The van der Waals surface area contributed by atoms with Gasteiger partial charge in [0.05, 0.1) is 0 Å². The number of rotatable bonds is 0. The number of aliphatic hydroxyl groups is 1. The summed E-state index contributed by atoms with van der Waals surface area (Å²) in [7, 11) is 0. The average molecular weight is 152 g/mol. The van der Waals surface area contributed by atoms with E-state index in [1.807, 2.05) is 19.1 Å². The Kier molecular flexibility index (Phi) is 1.41. The quantitative estimate of drug-likeness (QED) is 0.532. The molecule has 1 aliphatic carbocycles. The van der Waals surface area contributed by atoms with Crippen LogP contribution in [0, 0.1) is 0 Å². The van der Waals surface area contributed by atoms with E-state index < -0.39 is 5.79 Å². The van der Waals surface area contributed by atoms with Gasteiger partial charge >= 0.3 is 0 Å². The second kappa shape index (κ2) is 2.19. The maximum Gasteiger partial charge on any atom is 0.196 e. The van der Waals surface area contributed by atoms with Gasteiger partial charge in [-0.1, -0.05) is 23.8 Å². The Morgan fingerprint density at radius 3 is 3.36 bits per heavy atom. The van der Waals surface area contributed by atoms with Gasteiger partial charge in [0.25, 0.3) is 0 Å². The predicted octanol–water partition coefficient (Wildman–Crippen LogP) is 1.37. The molecular formula is C9H12O2. The minimum absolute atomic E-state index is 0.0445. The van der Waals surface area contributed by atoms with Gasteiger partial charge in [-0.25, -0.2) is 0 Å². The predicted molar refractivity (Wildman–Crippen MR) is 42.0 cm³/mol. The van der Waals surface area contributed by atoms with E-state index in [-0.39, 0.29) is 6.10 Å². The van der Waals surface area contributed by atoms with Crippen LogP contribution in [0.4, 0.5) is 0 Å². The molecule has 0 saturated carbocycles. The molecule has 2 aliphatic rings. The van der Waals surface area contributed by atoms with Gasteiger partial charge in [-0.3, -0.25) is 0 Å². The number of hydrogen-bond donors (Lipinski definition) is 1. The average Bonchev–Trinajstić information content (AvgIpc) is 2.56. The van der Waals surface area contributed by atoms with Crippen LogP contribution in [-0.4, -0.2) is 17.0 Å². The standard InChI is InChI=1S/C9H12O2/c1-7-3-2-4-8-9(10,11-8)6-5-7/h2-3,5,8,10H,4,6H2,1H3. The largest absolute Gasteiger partial charge is 0.363 e. The van der Waals surface area contributed by atoms with Crippen molar-refractivity contribution in [2.45, 2.75) is 31.7 Å². The Morgan fingerprint density at radius 2 is 2.55 bits per heavy atom. The molecule has 1 heterocycles. The Morgan fingerprint density at radius 1 is 1.73 bits per heavy atom. The summed E-state index contributed by atoms with van der Waals surface area (Å²) in [6.07, 6.45) is 7.64.